The largest absolute Gasteiger partial charge is 0.459 e. The molecule has 0 bridgehead atoms. The van der Waals surface area contributed by atoms with E-state index in [1.54, 1.807) is 25.4 Å². The number of furan rings is 1. The van der Waals surface area contributed by atoms with E-state index in [0.717, 1.165) is 37.2 Å². The quantitative estimate of drug-likeness (QED) is 0.915. The van der Waals surface area contributed by atoms with Crippen molar-refractivity contribution in [3.05, 3.63) is 46.3 Å². The first kappa shape index (κ1) is 16.3. The van der Waals surface area contributed by atoms with E-state index in [9.17, 15) is 9.59 Å². The van der Waals surface area contributed by atoms with Crippen molar-refractivity contribution in [3.8, 4) is 0 Å². The van der Waals surface area contributed by atoms with Crippen LogP contribution in [0.15, 0.2) is 33.8 Å². The second kappa shape index (κ2) is 6.90. The van der Waals surface area contributed by atoms with E-state index in [1.165, 1.54) is 10.9 Å². The number of hydrogen-bond acceptors (Lipinski definition) is 5. The number of nitrogens with one attached hydrogen (secondary N) is 1. The molecule has 0 aromatic carbocycles. The van der Waals surface area contributed by atoms with Gasteiger partial charge in [-0.2, -0.15) is 5.10 Å². The van der Waals surface area contributed by atoms with E-state index in [4.69, 9.17) is 4.42 Å². The highest BCUT2D eigenvalue weighted by Crippen LogP contribution is 2.21. The Labute approximate surface area is 140 Å². The number of anilines is 1. The van der Waals surface area contributed by atoms with E-state index in [-0.39, 0.29) is 11.5 Å². The van der Waals surface area contributed by atoms with Crippen LogP contribution in [0.4, 0.5) is 5.69 Å². The molecule has 3 rings (SSSR count). The number of aryl methyl sites for hydroxylation is 2. The third-order valence-electron chi connectivity index (χ3n) is 4.55. The van der Waals surface area contributed by atoms with Gasteiger partial charge in [-0.05, 0) is 31.7 Å². The normalized spacial score (nSPS) is 15.5. The van der Waals surface area contributed by atoms with Gasteiger partial charge in [-0.25, -0.2) is 4.68 Å². The van der Waals surface area contributed by atoms with Crippen molar-refractivity contribution in [1.29, 1.82) is 0 Å². The standard InChI is InChI=1S/C17H22N4O3/c1-12-5-8-24-16(12)17(23)18-10-13-3-6-21(7-4-13)14-9-15(22)20(2)19-11-14/h5,8-9,11,13H,3-4,6-7,10H2,1-2H3,(H,18,23). The third-order valence-corrected chi connectivity index (χ3v) is 4.55. The lowest BCUT2D eigenvalue weighted by atomic mass is 9.96. The van der Waals surface area contributed by atoms with Crippen molar-refractivity contribution in [2.45, 2.75) is 19.8 Å². The zero-order chi connectivity index (χ0) is 17.1. The molecule has 3 heterocycles. The molecule has 0 spiro atoms. The molecule has 7 nitrogen and oxygen atoms in total. The molecule has 2 aromatic rings. The fourth-order valence-corrected chi connectivity index (χ4v) is 2.95. The number of piperidine rings is 1. The zero-order valence-corrected chi connectivity index (χ0v) is 14.0. The van der Waals surface area contributed by atoms with Crippen LogP contribution in [-0.2, 0) is 7.05 Å². The Bertz CT molecular complexity index is 772. The number of carbonyl (C=O) groups excluding carboxylic acids is 1. The van der Waals surface area contributed by atoms with Crippen LogP contribution in [0.2, 0.25) is 0 Å². The first-order chi connectivity index (χ1) is 11.5. The summed E-state index contributed by atoms with van der Waals surface area (Å²) in [5, 5.41) is 7.01. The highest BCUT2D eigenvalue weighted by atomic mass is 16.3. The maximum absolute atomic E-state index is 12.1. The van der Waals surface area contributed by atoms with Gasteiger partial charge in [0.15, 0.2) is 5.76 Å². The van der Waals surface area contributed by atoms with Gasteiger partial charge in [0.25, 0.3) is 11.5 Å². The summed E-state index contributed by atoms with van der Waals surface area (Å²) in [5.74, 6) is 0.661. The summed E-state index contributed by atoms with van der Waals surface area (Å²) in [6.07, 6.45) is 5.18. The minimum Gasteiger partial charge on any atom is -0.459 e. The van der Waals surface area contributed by atoms with Crippen LogP contribution in [0.3, 0.4) is 0 Å². The maximum atomic E-state index is 12.1. The number of nitrogens with zero attached hydrogens (tertiary/aromatic N) is 3. The van der Waals surface area contributed by atoms with Gasteiger partial charge in [0, 0.05) is 38.3 Å². The van der Waals surface area contributed by atoms with Gasteiger partial charge < -0.3 is 14.6 Å². The van der Waals surface area contributed by atoms with Gasteiger partial charge in [-0.3, -0.25) is 9.59 Å². The minimum atomic E-state index is -0.157. The maximum Gasteiger partial charge on any atom is 0.287 e. The van der Waals surface area contributed by atoms with Crippen LogP contribution in [0.1, 0.15) is 29.0 Å². The molecular weight excluding hydrogens is 308 g/mol. The summed E-state index contributed by atoms with van der Waals surface area (Å²) in [6.45, 7) is 4.21. The average molecular weight is 330 g/mol. The second-order valence-corrected chi connectivity index (χ2v) is 6.25. The van der Waals surface area contributed by atoms with Gasteiger partial charge in [-0.1, -0.05) is 0 Å². The molecule has 2 aromatic heterocycles. The lowest BCUT2D eigenvalue weighted by Gasteiger charge is -2.33. The van der Waals surface area contributed by atoms with Gasteiger partial charge in [0.2, 0.25) is 0 Å². The number of carbonyl (C=O) groups is 1. The van der Waals surface area contributed by atoms with Crippen LogP contribution in [0, 0.1) is 12.8 Å². The monoisotopic (exact) mass is 330 g/mol. The van der Waals surface area contributed by atoms with E-state index in [0.29, 0.717) is 18.2 Å². The molecule has 7 heteroatoms. The molecule has 1 N–H and O–H groups in total. The fraction of sp³-hybridized carbons (Fsp3) is 0.471. The van der Waals surface area contributed by atoms with E-state index in [1.807, 2.05) is 6.92 Å². The molecule has 0 atom stereocenters. The first-order valence-corrected chi connectivity index (χ1v) is 8.15. The Morgan fingerprint density at radius 1 is 1.42 bits per heavy atom. The van der Waals surface area contributed by atoms with E-state index >= 15 is 0 Å². The van der Waals surface area contributed by atoms with E-state index in [2.05, 4.69) is 15.3 Å². The Morgan fingerprint density at radius 3 is 2.79 bits per heavy atom. The summed E-state index contributed by atoms with van der Waals surface area (Å²) in [5.41, 5.74) is 1.61. The Morgan fingerprint density at radius 2 is 2.17 bits per heavy atom. The molecule has 24 heavy (non-hydrogen) atoms. The molecule has 0 aliphatic carbocycles. The third kappa shape index (κ3) is 3.50. The average Bonchev–Trinajstić information content (AvgIpc) is 3.02. The zero-order valence-electron chi connectivity index (χ0n) is 14.0. The second-order valence-electron chi connectivity index (χ2n) is 6.25. The van der Waals surface area contributed by atoms with Crippen molar-refractivity contribution in [2.75, 3.05) is 24.5 Å². The highest BCUT2D eigenvalue weighted by Gasteiger charge is 2.21. The highest BCUT2D eigenvalue weighted by molar-refractivity contribution is 5.92. The molecule has 1 saturated heterocycles. The van der Waals surface area contributed by atoms with E-state index < -0.39 is 0 Å². The van der Waals surface area contributed by atoms with Crippen molar-refractivity contribution in [1.82, 2.24) is 15.1 Å². The summed E-state index contributed by atoms with van der Waals surface area (Å²) in [4.78, 5) is 25.9. The van der Waals surface area contributed by atoms with Crippen molar-refractivity contribution < 1.29 is 9.21 Å². The predicted octanol–water partition coefficient (Wildman–Crippen LogP) is 1.33. The fourth-order valence-electron chi connectivity index (χ4n) is 2.95. The minimum absolute atomic E-state index is 0.101. The molecule has 0 radical (unpaired) electrons. The molecule has 1 aliphatic heterocycles. The van der Waals surface area contributed by atoms with Crippen molar-refractivity contribution in [3.63, 3.8) is 0 Å². The van der Waals surface area contributed by atoms with Crippen LogP contribution in [0.25, 0.3) is 0 Å². The molecule has 1 fully saturated rings. The molecule has 128 valence electrons. The Kier molecular flexibility index (Phi) is 4.69. The van der Waals surface area contributed by atoms with Crippen LogP contribution in [-0.4, -0.2) is 35.3 Å². The SMILES string of the molecule is Cc1ccoc1C(=O)NCC1CCN(c2cnn(C)c(=O)c2)CC1. The summed E-state index contributed by atoms with van der Waals surface area (Å²) in [6, 6.07) is 3.40. The molecule has 1 aliphatic rings. The topological polar surface area (TPSA) is 80.4 Å². The summed E-state index contributed by atoms with van der Waals surface area (Å²) in [7, 11) is 1.64. The van der Waals surface area contributed by atoms with Gasteiger partial charge >= 0.3 is 0 Å². The van der Waals surface area contributed by atoms with Crippen LogP contribution >= 0.6 is 0 Å². The Balaban J connectivity index is 1.50. The lowest BCUT2D eigenvalue weighted by molar-refractivity contribution is 0.0916. The number of aromatic nitrogens is 2. The first-order valence-electron chi connectivity index (χ1n) is 8.15. The molecule has 1 amide bonds. The summed E-state index contributed by atoms with van der Waals surface area (Å²) >= 11 is 0. The summed E-state index contributed by atoms with van der Waals surface area (Å²) < 4.78 is 6.52. The van der Waals surface area contributed by atoms with Crippen molar-refractivity contribution in [2.24, 2.45) is 13.0 Å². The lowest BCUT2D eigenvalue weighted by Crippen LogP contribution is -2.39. The molecule has 0 saturated carbocycles. The molecule has 0 unspecified atom stereocenters. The number of rotatable bonds is 4. The Hall–Kier alpha value is -2.57. The van der Waals surface area contributed by atoms with Crippen LogP contribution < -0.4 is 15.8 Å². The van der Waals surface area contributed by atoms with Gasteiger partial charge in [-0.15, -0.1) is 0 Å². The number of hydrogen-bond donors (Lipinski definition) is 1. The molecular formula is C17H22N4O3. The van der Waals surface area contributed by atoms with Crippen LogP contribution in [0.5, 0.6) is 0 Å². The predicted molar refractivity (Wildman–Crippen MR) is 90.2 cm³/mol. The number of amides is 1. The van der Waals surface area contributed by atoms with Gasteiger partial charge in [0.1, 0.15) is 0 Å². The smallest absolute Gasteiger partial charge is 0.287 e. The van der Waals surface area contributed by atoms with Crippen molar-refractivity contribution >= 4 is 11.6 Å². The van der Waals surface area contributed by atoms with Gasteiger partial charge in [0.05, 0.1) is 18.1 Å².